The Morgan fingerprint density at radius 1 is 1.07 bits per heavy atom. The summed E-state index contributed by atoms with van der Waals surface area (Å²) >= 11 is 3.41. The van der Waals surface area contributed by atoms with Crippen LogP contribution in [0.4, 0.5) is 0 Å². The van der Waals surface area contributed by atoms with Crippen LogP contribution in [0.5, 0.6) is 5.75 Å². The Bertz CT molecular complexity index is 1010. The van der Waals surface area contributed by atoms with E-state index in [9.17, 15) is 4.79 Å². The molecule has 152 valence electrons. The van der Waals surface area contributed by atoms with Gasteiger partial charge in [-0.25, -0.2) is 0 Å². The molecule has 0 spiro atoms. The number of hydrogen-bond acceptors (Lipinski definition) is 5. The summed E-state index contributed by atoms with van der Waals surface area (Å²) in [5.41, 5.74) is 1.92. The van der Waals surface area contributed by atoms with Gasteiger partial charge in [-0.2, -0.15) is 0 Å². The second kappa shape index (κ2) is 9.57. The topological polar surface area (TPSA) is 54.7 Å². The molecule has 1 N–H and O–H groups in total. The molecule has 6 heteroatoms. The van der Waals surface area contributed by atoms with Crippen molar-refractivity contribution >= 4 is 26.9 Å². The third-order valence-corrected chi connectivity index (χ3v) is 5.78. The average Bonchev–Trinajstić information content (AvgIpc) is 2.75. The summed E-state index contributed by atoms with van der Waals surface area (Å²) in [7, 11) is 0. The number of rotatable bonds is 7. The van der Waals surface area contributed by atoms with E-state index in [2.05, 4.69) is 26.1 Å². The van der Waals surface area contributed by atoms with Crippen molar-refractivity contribution in [2.24, 2.45) is 0 Å². The van der Waals surface area contributed by atoms with E-state index in [1.165, 1.54) is 6.26 Å². The molecule has 1 aromatic heterocycles. The SMILES string of the molecule is O=c1c(-c2ccc(Br)cc2)coc2cc(OCCCCN3CCNCC3)ccc12. The van der Waals surface area contributed by atoms with Crippen molar-refractivity contribution in [3.05, 3.63) is 63.4 Å². The van der Waals surface area contributed by atoms with Gasteiger partial charge in [0.2, 0.25) is 0 Å². The minimum absolute atomic E-state index is 0.0313. The van der Waals surface area contributed by atoms with Gasteiger partial charge < -0.3 is 19.4 Å². The molecule has 1 aliphatic rings. The molecule has 3 aromatic rings. The number of unbranched alkanes of at least 4 members (excludes halogenated alkanes) is 1. The molecule has 0 unspecified atom stereocenters. The van der Waals surface area contributed by atoms with E-state index in [0.29, 0.717) is 23.1 Å². The highest BCUT2D eigenvalue weighted by molar-refractivity contribution is 9.10. The molecule has 1 fully saturated rings. The number of piperazine rings is 1. The zero-order valence-electron chi connectivity index (χ0n) is 16.3. The zero-order valence-corrected chi connectivity index (χ0v) is 17.9. The molecule has 1 aliphatic heterocycles. The fraction of sp³-hybridized carbons (Fsp3) is 0.348. The highest BCUT2D eigenvalue weighted by Crippen LogP contribution is 2.24. The molecule has 0 radical (unpaired) electrons. The fourth-order valence-electron chi connectivity index (χ4n) is 3.59. The summed E-state index contributed by atoms with van der Waals surface area (Å²) < 4.78 is 12.6. The maximum Gasteiger partial charge on any atom is 0.200 e. The molecule has 0 atom stereocenters. The molecule has 0 aliphatic carbocycles. The molecule has 29 heavy (non-hydrogen) atoms. The van der Waals surface area contributed by atoms with E-state index in [1.807, 2.05) is 30.3 Å². The maximum absolute atomic E-state index is 12.9. The van der Waals surface area contributed by atoms with Crippen molar-refractivity contribution in [2.45, 2.75) is 12.8 Å². The van der Waals surface area contributed by atoms with Gasteiger partial charge in [0.05, 0.1) is 17.6 Å². The van der Waals surface area contributed by atoms with E-state index in [1.54, 1.807) is 12.1 Å². The van der Waals surface area contributed by atoms with Crippen molar-refractivity contribution in [3.63, 3.8) is 0 Å². The summed E-state index contributed by atoms with van der Waals surface area (Å²) in [6.45, 7) is 6.22. The molecule has 2 aromatic carbocycles. The first-order valence-electron chi connectivity index (χ1n) is 10.1. The largest absolute Gasteiger partial charge is 0.493 e. The molecule has 2 heterocycles. The first-order valence-corrected chi connectivity index (χ1v) is 10.9. The second-order valence-corrected chi connectivity index (χ2v) is 8.21. The Hall–Kier alpha value is -2.15. The van der Waals surface area contributed by atoms with Crippen LogP contribution >= 0.6 is 15.9 Å². The van der Waals surface area contributed by atoms with Crippen molar-refractivity contribution in [3.8, 4) is 16.9 Å². The van der Waals surface area contributed by atoms with Gasteiger partial charge in [-0.15, -0.1) is 0 Å². The van der Waals surface area contributed by atoms with Crippen LogP contribution < -0.4 is 15.5 Å². The molecule has 0 bridgehead atoms. The first kappa shape index (κ1) is 20.1. The summed E-state index contributed by atoms with van der Waals surface area (Å²) in [5.74, 6) is 0.735. The predicted octanol–water partition coefficient (Wildman–Crippen LogP) is 4.29. The lowest BCUT2D eigenvalue weighted by molar-refractivity contribution is 0.226. The standard InChI is InChI=1S/C23H25BrN2O3/c24-18-5-3-17(4-6-18)21-16-29-22-15-19(7-8-20(22)23(21)27)28-14-2-1-11-26-12-9-25-10-13-26/h3-8,15-16,25H,1-2,9-14H2. The van der Waals surface area contributed by atoms with E-state index in [4.69, 9.17) is 9.15 Å². The first-order chi connectivity index (χ1) is 14.2. The molecule has 0 amide bonds. The monoisotopic (exact) mass is 456 g/mol. The molecule has 1 saturated heterocycles. The maximum atomic E-state index is 12.9. The predicted molar refractivity (Wildman–Crippen MR) is 120 cm³/mol. The van der Waals surface area contributed by atoms with E-state index >= 15 is 0 Å². The normalized spacial score (nSPS) is 14.9. The smallest absolute Gasteiger partial charge is 0.200 e. The third kappa shape index (κ3) is 5.07. The van der Waals surface area contributed by atoms with Gasteiger partial charge in [-0.1, -0.05) is 28.1 Å². The van der Waals surface area contributed by atoms with Crippen LogP contribution in [0.25, 0.3) is 22.1 Å². The lowest BCUT2D eigenvalue weighted by Crippen LogP contribution is -2.43. The van der Waals surface area contributed by atoms with Crippen molar-refractivity contribution in [2.75, 3.05) is 39.3 Å². The second-order valence-electron chi connectivity index (χ2n) is 7.29. The van der Waals surface area contributed by atoms with Crippen LogP contribution in [0.2, 0.25) is 0 Å². The number of benzene rings is 2. The van der Waals surface area contributed by atoms with Gasteiger partial charge in [0, 0.05) is 36.7 Å². The highest BCUT2D eigenvalue weighted by atomic mass is 79.9. The number of ether oxygens (including phenoxy) is 1. The molecular formula is C23H25BrN2O3. The Labute approximate surface area is 178 Å². The number of nitrogens with one attached hydrogen (secondary N) is 1. The summed E-state index contributed by atoms with van der Waals surface area (Å²) in [6.07, 6.45) is 3.67. The highest BCUT2D eigenvalue weighted by Gasteiger charge is 2.11. The van der Waals surface area contributed by atoms with Gasteiger partial charge in [0.1, 0.15) is 17.6 Å². The Kier molecular flexibility index (Phi) is 6.64. The minimum Gasteiger partial charge on any atom is -0.493 e. The van der Waals surface area contributed by atoms with Gasteiger partial charge >= 0.3 is 0 Å². The fourth-order valence-corrected chi connectivity index (χ4v) is 3.85. The van der Waals surface area contributed by atoms with Gasteiger partial charge in [0.15, 0.2) is 5.43 Å². The Morgan fingerprint density at radius 2 is 1.86 bits per heavy atom. The summed E-state index contributed by atoms with van der Waals surface area (Å²) in [6, 6.07) is 13.1. The lowest BCUT2D eigenvalue weighted by Gasteiger charge is -2.26. The Balaban J connectivity index is 1.37. The zero-order chi connectivity index (χ0) is 20.1. The van der Waals surface area contributed by atoms with Crippen molar-refractivity contribution in [1.82, 2.24) is 10.2 Å². The van der Waals surface area contributed by atoms with Gasteiger partial charge in [-0.05, 0) is 49.2 Å². The summed E-state index contributed by atoms with van der Waals surface area (Å²) in [5, 5.41) is 3.94. The quantitative estimate of drug-likeness (QED) is 0.537. The Morgan fingerprint density at radius 3 is 2.66 bits per heavy atom. The third-order valence-electron chi connectivity index (χ3n) is 5.25. The summed E-state index contributed by atoms with van der Waals surface area (Å²) in [4.78, 5) is 15.3. The van der Waals surface area contributed by atoms with Crippen molar-refractivity contribution in [1.29, 1.82) is 0 Å². The van der Waals surface area contributed by atoms with Crippen LogP contribution in [-0.4, -0.2) is 44.2 Å². The van der Waals surface area contributed by atoms with Gasteiger partial charge in [-0.3, -0.25) is 4.79 Å². The molecule has 4 rings (SSSR count). The van der Waals surface area contributed by atoms with E-state index in [-0.39, 0.29) is 5.43 Å². The van der Waals surface area contributed by atoms with E-state index < -0.39 is 0 Å². The lowest BCUT2D eigenvalue weighted by atomic mass is 10.1. The number of fused-ring (bicyclic) bond motifs is 1. The molecule has 5 nitrogen and oxygen atoms in total. The number of nitrogens with zero attached hydrogens (tertiary/aromatic N) is 1. The minimum atomic E-state index is -0.0313. The van der Waals surface area contributed by atoms with Crippen LogP contribution in [0.3, 0.4) is 0 Å². The van der Waals surface area contributed by atoms with Crippen LogP contribution in [0.1, 0.15) is 12.8 Å². The van der Waals surface area contributed by atoms with Gasteiger partial charge in [0.25, 0.3) is 0 Å². The number of hydrogen-bond donors (Lipinski definition) is 1. The average molecular weight is 457 g/mol. The number of halogens is 1. The van der Waals surface area contributed by atoms with Crippen LogP contribution in [0.15, 0.2) is 62.4 Å². The van der Waals surface area contributed by atoms with E-state index in [0.717, 1.165) is 61.4 Å². The van der Waals surface area contributed by atoms with Crippen LogP contribution in [0, 0.1) is 0 Å². The van der Waals surface area contributed by atoms with Crippen LogP contribution in [-0.2, 0) is 0 Å². The van der Waals surface area contributed by atoms with Crippen molar-refractivity contribution < 1.29 is 9.15 Å². The molecular weight excluding hydrogens is 432 g/mol. The molecule has 0 saturated carbocycles.